The Kier molecular flexibility index (Phi) is 5.40. The van der Waals surface area contributed by atoms with Crippen LogP contribution in [0.3, 0.4) is 0 Å². The third-order valence-electron chi connectivity index (χ3n) is 3.91. The van der Waals surface area contributed by atoms with E-state index in [4.69, 9.17) is 4.52 Å². The Hall–Kier alpha value is -2.23. The van der Waals surface area contributed by atoms with Crippen molar-refractivity contribution in [2.24, 2.45) is 0 Å². The van der Waals surface area contributed by atoms with E-state index >= 15 is 0 Å². The second-order valence-electron chi connectivity index (χ2n) is 5.98. The van der Waals surface area contributed by atoms with Crippen molar-refractivity contribution in [1.82, 2.24) is 14.4 Å². The van der Waals surface area contributed by atoms with Gasteiger partial charge in [-0.1, -0.05) is 11.2 Å². The Balaban J connectivity index is 1.65. The molecule has 0 atom stereocenters. The quantitative estimate of drug-likeness (QED) is 0.663. The van der Waals surface area contributed by atoms with Crippen molar-refractivity contribution in [2.45, 2.75) is 31.3 Å². The summed E-state index contributed by atoms with van der Waals surface area (Å²) in [5.41, 5.74) is 0.770. The highest BCUT2D eigenvalue weighted by Gasteiger charge is 2.22. The van der Waals surface area contributed by atoms with Crippen LogP contribution in [0.15, 0.2) is 51.2 Å². The van der Waals surface area contributed by atoms with Crippen LogP contribution in [0.4, 0.5) is 5.69 Å². The monoisotopic (exact) mass is 392 g/mol. The molecule has 0 aliphatic carbocycles. The standard InChI is InChI=1S/C17H20N4O3S2/c1-12(2)21(3)26(22,23)14-8-6-13(7-9-14)18-11-16-19-17(20-24-16)15-5-4-10-25-15/h4-10,12,18H,11H2,1-3H3. The van der Waals surface area contributed by atoms with Crippen molar-refractivity contribution in [3.8, 4) is 10.7 Å². The summed E-state index contributed by atoms with van der Waals surface area (Å²) in [6.07, 6.45) is 0. The summed E-state index contributed by atoms with van der Waals surface area (Å²) in [6, 6.07) is 10.4. The Morgan fingerprint density at radius 3 is 2.58 bits per heavy atom. The van der Waals surface area contributed by atoms with Gasteiger partial charge in [-0.25, -0.2) is 8.42 Å². The van der Waals surface area contributed by atoms with Gasteiger partial charge in [0.15, 0.2) is 0 Å². The molecule has 0 fully saturated rings. The fourth-order valence-electron chi connectivity index (χ4n) is 2.20. The summed E-state index contributed by atoms with van der Waals surface area (Å²) in [5, 5.41) is 9.06. The van der Waals surface area contributed by atoms with Crippen molar-refractivity contribution < 1.29 is 12.9 Å². The van der Waals surface area contributed by atoms with Crippen LogP contribution < -0.4 is 5.32 Å². The molecule has 3 rings (SSSR count). The second-order valence-corrected chi connectivity index (χ2v) is 8.93. The molecule has 0 saturated heterocycles. The van der Waals surface area contributed by atoms with E-state index in [1.165, 1.54) is 4.31 Å². The van der Waals surface area contributed by atoms with E-state index < -0.39 is 10.0 Å². The van der Waals surface area contributed by atoms with Crippen LogP contribution in [0, 0.1) is 0 Å². The van der Waals surface area contributed by atoms with Crippen LogP contribution in [0.1, 0.15) is 19.7 Å². The number of nitrogens with one attached hydrogen (secondary N) is 1. The molecule has 1 N–H and O–H groups in total. The first-order chi connectivity index (χ1) is 12.4. The van der Waals surface area contributed by atoms with Gasteiger partial charge in [0, 0.05) is 18.8 Å². The van der Waals surface area contributed by atoms with Crippen LogP contribution in [-0.4, -0.2) is 36.0 Å². The molecular weight excluding hydrogens is 372 g/mol. The molecule has 3 aromatic rings. The van der Waals surface area contributed by atoms with Gasteiger partial charge in [0.25, 0.3) is 0 Å². The number of hydrogen-bond acceptors (Lipinski definition) is 7. The Bertz CT molecular complexity index is 948. The molecule has 0 radical (unpaired) electrons. The lowest BCUT2D eigenvalue weighted by Crippen LogP contribution is -2.33. The van der Waals surface area contributed by atoms with E-state index in [1.54, 1.807) is 42.6 Å². The molecule has 0 bridgehead atoms. The predicted molar refractivity (Wildman–Crippen MR) is 101 cm³/mol. The van der Waals surface area contributed by atoms with E-state index in [9.17, 15) is 8.42 Å². The minimum atomic E-state index is -3.48. The Labute approximate surface area is 156 Å². The number of benzene rings is 1. The maximum Gasteiger partial charge on any atom is 0.246 e. The molecule has 0 unspecified atom stereocenters. The summed E-state index contributed by atoms with van der Waals surface area (Å²) in [5.74, 6) is 1.03. The smallest absolute Gasteiger partial charge is 0.246 e. The van der Waals surface area contributed by atoms with Gasteiger partial charge >= 0.3 is 0 Å². The number of anilines is 1. The summed E-state index contributed by atoms with van der Waals surface area (Å²) >= 11 is 1.55. The second kappa shape index (κ2) is 7.56. The molecule has 138 valence electrons. The maximum atomic E-state index is 12.5. The van der Waals surface area contributed by atoms with E-state index in [-0.39, 0.29) is 10.9 Å². The van der Waals surface area contributed by atoms with Crippen LogP contribution in [0.25, 0.3) is 10.7 Å². The minimum absolute atomic E-state index is 0.104. The highest BCUT2D eigenvalue weighted by molar-refractivity contribution is 7.89. The SMILES string of the molecule is CC(C)N(C)S(=O)(=O)c1ccc(NCc2nc(-c3cccs3)no2)cc1. The van der Waals surface area contributed by atoms with Gasteiger partial charge in [-0.05, 0) is 49.6 Å². The fourth-order valence-corrected chi connectivity index (χ4v) is 4.22. The first-order valence-corrected chi connectivity index (χ1v) is 10.4. The number of thiophene rings is 1. The molecule has 0 spiro atoms. The average molecular weight is 393 g/mol. The normalized spacial score (nSPS) is 12.0. The molecule has 0 aliphatic heterocycles. The number of aromatic nitrogens is 2. The number of sulfonamides is 1. The lowest BCUT2D eigenvalue weighted by Gasteiger charge is -2.21. The molecule has 9 heteroatoms. The molecule has 0 aliphatic rings. The first-order valence-electron chi connectivity index (χ1n) is 8.06. The van der Waals surface area contributed by atoms with Crippen LogP contribution in [0.2, 0.25) is 0 Å². The molecule has 26 heavy (non-hydrogen) atoms. The third kappa shape index (κ3) is 3.95. The van der Waals surface area contributed by atoms with Crippen molar-refractivity contribution in [3.05, 3.63) is 47.7 Å². The zero-order valence-corrected chi connectivity index (χ0v) is 16.3. The van der Waals surface area contributed by atoms with E-state index in [1.807, 2.05) is 31.4 Å². The number of rotatable bonds is 7. The predicted octanol–water partition coefficient (Wildman–Crippen LogP) is 3.44. The molecule has 2 aromatic heterocycles. The lowest BCUT2D eigenvalue weighted by molar-refractivity contribution is 0.384. The molecule has 0 saturated carbocycles. The van der Waals surface area contributed by atoms with Gasteiger partial charge in [-0.3, -0.25) is 0 Å². The molecule has 0 amide bonds. The summed E-state index contributed by atoms with van der Waals surface area (Å²) in [6.45, 7) is 4.03. The Morgan fingerprint density at radius 1 is 1.23 bits per heavy atom. The number of nitrogens with zero attached hydrogens (tertiary/aromatic N) is 3. The van der Waals surface area contributed by atoms with E-state index in [2.05, 4.69) is 15.5 Å². The molecule has 2 heterocycles. The summed E-state index contributed by atoms with van der Waals surface area (Å²) in [7, 11) is -1.90. The Morgan fingerprint density at radius 2 is 1.96 bits per heavy atom. The van der Waals surface area contributed by atoms with E-state index in [0.29, 0.717) is 18.3 Å². The van der Waals surface area contributed by atoms with Gasteiger partial charge in [-0.2, -0.15) is 9.29 Å². The zero-order valence-electron chi connectivity index (χ0n) is 14.7. The van der Waals surface area contributed by atoms with Crippen molar-refractivity contribution in [1.29, 1.82) is 0 Å². The summed E-state index contributed by atoms with van der Waals surface area (Å²) in [4.78, 5) is 5.54. The van der Waals surface area contributed by atoms with Crippen molar-refractivity contribution >= 4 is 27.0 Å². The minimum Gasteiger partial charge on any atom is -0.376 e. The first kappa shape index (κ1) is 18.6. The van der Waals surface area contributed by atoms with Crippen molar-refractivity contribution in [2.75, 3.05) is 12.4 Å². The van der Waals surface area contributed by atoms with Crippen LogP contribution in [-0.2, 0) is 16.6 Å². The van der Waals surface area contributed by atoms with E-state index in [0.717, 1.165) is 10.6 Å². The fraction of sp³-hybridized carbons (Fsp3) is 0.294. The number of hydrogen-bond donors (Lipinski definition) is 1. The van der Waals surface area contributed by atoms with Gasteiger partial charge in [0.2, 0.25) is 21.7 Å². The topological polar surface area (TPSA) is 88.3 Å². The van der Waals surface area contributed by atoms with Crippen LogP contribution >= 0.6 is 11.3 Å². The van der Waals surface area contributed by atoms with Crippen LogP contribution in [0.5, 0.6) is 0 Å². The van der Waals surface area contributed by atoms with Gasteiger partial charge in [-0.15, -0.1) is 11.3 Å². The maximum absolute atomic E-state index is 12.5. The average Bonchev–Trinajstić information content (AvgIpc) is 3.30. The van der Waals surface area contributed by atoms with Gasteiger partial charge < -0.3 is 9.84 Å². The highest BCUT2D eigenvalue weighted by Crippen LogP contribution is 2.22. The third-order valence-corrected chi connectivity index (χ3v) is 6.83. The van der Waals surface area contributed by atoms with Gasteiger partial charge in [0.1, 0.15) is 0 Å². The lowest BCUT2D eigenvalue weighted by atomic mass is 10.3. The highest BCUT2D eigenvalue weighted by atomic mass is 32.2. The summed E-state index contributed by atoms with van der Waals surface area (Å²) < 4.78 is 31.5. The molecule has 7 nitrogen and oxygen atoms in total. The van der Waals surface area contributed by atoms with Gasteiger partial charge in [0.05, 0.1) is 16.3 Å². The zero-order chi connectivity index (χ0) is 18.7. The molecule has 1 aromatic carbocycles. The largest absolute Gasteiger partial charge is 0.376 e. The van der Waals surface area contributed by atoms with Crippen molar-refractivity contribution in [3.63, 3.8) is 0 Å². The molecular formula is C17H20N4O3S2.